The van der Waals surface area contributed by atoms with Crippen molar-refractivity contribution in [1.29, 1.82) is 0 Å². The number of hydrogen-bond acceptors (Lipinski definition) is 2. The Morgan fingerprint density at radius 1 is 1.50 bits per heavy atom. The summed E-state index contributed by atoms with van der Waals surface area (Å²) in [6.45, 7) is 1.59. The molecule has 0 aromatic heterocycles. The van der Waals surface area contributed by atoms with Crippen LogP contribution in [0.5, 0.6) is 5.75 Å². The van der Waals surface area contributed by atoms with Crippen molar-refractivity contribution in [3.05, 3.63) is 29.8 Å². The Labute approximate surface area is 104 Å². The minimum atomic E-state index is 0.0550. The number of ether oxygens (including phenoxy) is 1. The fourth-order valence-electron chi connectivity index (χ4n) is 1.89. The number of benzene rings is 1. The molecule has 1 aromatic carbocycles. The highest BCUT2D eigenvalue weighted by Crippen LogP contribution is 2.23. The Bertz CT molecular complexity index is 394. The average Bonchev–Trinajstić information content (AvgIpc) is 2.75. The normalized spacial score (nSPS) is 19.9. The first-order valence-electron chi connectivity index (χ1n) is 5.28. The molecule has 1 aliphatic heterocycles. The van der Waals surface area contributed by atoms with E-state index in [1.807, 2.05) is 29.2 Å². The number of carbonyl (C=O) groups is 1. The molecular weight excluding hydrogens is 270 g/mol. The lowest BCUT2D eigenvalue weighted by atomic mass is 10.2. The summed E-state index contributed by atoms with van der Waals surface area (Å²) in [4.78, 5) is 14.5. The number of alkyl halides is 1. The molecule has 1 amide bonds. The predicted molar refractivity (Wildman–Crippen MR) is 66.2 cm³/mol. The van der Waals surface area contributed by atoms with Gasteiger partial charge in [0.2, 0.25) is 0 Å². The highest BCUT2D eigenvalue weighted by Gasteiger charge is 2.26. The highest BCUT2D eigenvalue weighted by molar-refractivity contribution is 9.09. The van der Waals surface area contributed by atoms with Crippen LogP contribution in [0.3, 0.4) is 0 Å². The summed E-state index contributed by atoms with van der Waals surface area (Å²) in [7, 11) is 1.59. The molecule has 0 spiro atoms. The van der Waals surface area contributed by atoms with E-state index in [9.17, 15) is 4.79 Å². The lowest BCUT2D eigenvalue weighted by Gasteiger charge is -2.17. The minimum absolute atomic E-state index is 0.0550. The fourth-order valence-corrected chi connectivity index (χ4v) is 2.45. The van der Waals surface area contributed by atoms with Crippen LogP contribution in [0, 0.1) is 0 Å². The molecule has 4 heteroatoms. The summed E-state index contributed by atoms with van der Waals surface area (Å²) in [5.74, 6) is 0.699. The Morgan fingerprint density at radius 2 is 2.25 bits per heavy atom. The van der Waals surface area contributed by atoms with Gasteiger partial charge in [-0.25, -0.2) is 0 Å². The number of para-hydroxylation sites is 1. The summed E-state index contributed by atoms with van der Waals surface area (Å²) in [5, 5.41) is 0. The molecule has 1 aliphatic rings. The van der Waals surface area contributed by atoms with E-state index < -0.39 is 0 Å². The van der Waals surface area contributed by atoms with Crippen LogP contribution in [0.1, 0.15) is 16.8 Å². The summed E-state index contributed by atoms with van der Waals surface area (Å²) in [6.07, 6.45) is 1.01. The van der Waals surface area contributed by atoms with E-state index in [4.69, 9.17) is 4.74 Å². The molecule has 1 fully saturated rings. The molecule has 0 N–H and O–H groups in total. The maximum Gasteiger partial charge on any atom is 0.257 e. The first-order valence-corrected chi connectivity index (χ1v) is 6.20. The van der Waals surface area contributed by atoms with Gasteiger partial charge in [0.05, 0.1) is 12.7 Å². The monoisotopic (exact) mass is 283 g/mol. The van der Waals surface area contributed by atoms with E-state index >= 15 is 0 Å². The van der Waals surface area contributed by atoms with Crippen LogP contribution in [-0.2, 0) is 0 Å². The zero-order chi connectivity index (χ0) is 11.5. The second kappa shape index (κ2) is 4.87. The minimum Gasteiger partial charge on any atom is -0.496 e. The predicted octanol–water partition coefficient (Wildman–Crippen LogP) is 2.30. The third kappa shape index (κ3) is 2.21. The molecular formula is C12H14BrNO2. The fraction of sp³-hybridized carbons (Fsp3) is 0.417. The average molecular weight is 284 g/mol. The van der Waals surface area contributed by atoms with Gasteiger partial charge in [-0.1, -0.05) is 28.1 Å². The third-order valence-electron chi connectivity index (χ3n) is 2.76. The van der Waals surface area contributed by atoms with Gasteiger partial charge in [-0.3, -0.25) is 4.79 Å². The zero-order valence-corrected chi connectivity index (χ0v) is 10.7. The van der Waals surface area contributed by atoms with E-state index in [0.29, 0.717) is 16.1 Å². The number of halogens is 1. The molecule has 2 rings (SSSR count). The zero-order valence-electron chi connectivity index (χ0n) is 9.15. The Balaban J connectivity index is 2.20. The number of likely N-dealkylation sites (tertiary alicyclic amines) is 1. The molecule has 1 saturated heterocycles. The molecule has 1 heterocycles. The van der Waals surface area contributed by atoms with Crippen LogP contribution in [0.25, 0.3) is 0 Å². The van der Waals surface area contributed by atoms with Gasteiger partial charge >= 0.3 is 0 Å². The van der Waals surface area contributed by atoms with Crippen molar-refractivity contribution in [2.24, 2.45) is 0 Å². The maximum absolute atomic E-state index is 12.2. The summed E-state index contributed by atoms with van der Waals surface area (Å²) in [6, 6.07) is 7.35. The van der Waals surface area contributed by atoms with E-state index in [1.54, 1.807) is 7.11 Å². The largest absolute Gasteiger partial charge is 0.496 e. The van der Waals surface area contributed by atoms with Crippen molar-refractivity contribution in [2.45, 2.75) is 11.2 Å². The van der Waals surface area contributed by atoms with E-state index in [0.717, 1.165) is 19.5 Å². The number of carbonyl (C=O) groups excluding carboxylic acids is 1. The molecule has 86 valence electrons. The number of rotatable bonds is 2. The van der Waals surface area contributed by atoms with Crippen LogP contribution in [0.15, 0.2) is 24.3 Å². The molecule has 0 radical (unpaired) electrons. The number of methoxy groups -OCH3 is 1. The van der Waals surface area contributed by atoms with Gasteiger partial charge in [-0.2, -0.15) is 0 Å². The van der Waals surface area contributed by atoms with Crippen molar-refractivity contribution in [2.75, 3.05) is 20.2 Å². The molecule has 1 aromatic rings. The van der Waals surface area contributed by atoms with E-state index in [2.05, 4.69) is 15.9 Å². The molecule has 0 saturated carbocycles. The van der Waals surface area contributed by atoms with Crippen LogP contribution < -0.4 is 4.74 Å². The number of amides is 1. The van der Waals surface area contributed by atoms with Gasteiger partial charge in [-0.15, -0.1) is 0 Å². The molecule has 1 atom stereocenters. The SMILES string of the molecule is COc1ccccc1C(=O)N1CCC(Br)C1. The molecule has 0 bridgehead atoms. The molecule has 0 aliphatic carbocycles. The third-order valence-corrected chi connectivity index (χ3v) is 3.50. The molecule has 3 nitrogen and oxygen atoms in total. The summed E-state index contributed by atoms with van der Waals surface area (Å²) in [5.41, 5.74) is 0.645. The van der Waals surface area contributed by atoms with Gasteiger partial charge < -0.3 is 9.64 Å². The number of nitrogens with zero attached hydrogens (tertiary/aromatic N) is 1. The summed E-state index contributed by atoms with van der Waals surface area (Å²) >= 11 is 3.53. The highest BCUT2D eigenvalue weighted by atomic mass is 79.9. The first-order chi connectivity index (χ1) is 7.72. The second-order valence-electron chi connectivity index (χ2n) is 3.84. The maximum atomic E-state index is 12.2. The van der Waals surface area contributed by atoms with Crippen LogP contribution in [0.4, 0.5) is 0 Å². The Kier molecular flexibility index (Phi) is 3.49. The van der Waals surface area contributed by atoms with Crippen LogP contribution in [0.2, 0.25) is 0 Å². The lowest BCUT2D eigenvalue weighted by molar-refractivity contribution is 0.0790. The van der Waals surface area contributed by atoms with Crippen molar-refractivity contribution in [3.8, 4) is 5.75 Å². The van der Waals surface area contributed by atoms with Crippen LogP contribution >= 0.6 is 15.9 Å². The quantitative estimate of drug-likeness (QED) is 0.780. The van der Waals surface area contributed by atoms with Gasteiger partial charge in [-0.05, 0) is 18.6 Å². The molecule has 16 heavy (non-hydrogen) atoms. The van der Waals surface area contributed by atoms with E-state index in [1.165, 1.54) is 0 Å². The second-order valence-corrected chi connectivity index (χ2v) is 5.13. The Hall–Kier alpha value is -1.03. The number of hydrogen-bond donors (Lipinski definition) is 0. The molecule has 1 unspecified atom stereocenters. The topological polar surface area (TPSA) is 29.5 Å². The van der Waals surface area contributed by atoms with Gasteiger partial charge in [0.15, 0.2) is 0 Å². The van der Waals surface area contributed by atoms with Crippen molar-refractivity contribution in [3.63, 3.8) is 0 Å². The summed E-state index contributed by atoms with van der Waals surface area (Å²) < 4.78 is 5.19. The van der Waals surface area contributed by atoms with E-state index in [-0.39, 0.29) is 5.91 Å². The standard InChI is InChI=1S/C12H14BrNO2/c1-16-11-5-3-2-4-10(11)12(15)14-7-6-9(13)8-14/h2-5,9H,6-8H2,1H3. The van der Waals surface area contributed by atoms with Crippen molar-refractivity contribution >= 4 is 21.8 Å². The lowest BCUT2D eigenvalue weighted by Crippen LogP contribution is -2.29. The van der Waals surface area contributed by atoms with Gasteiger partial charge in [0, 0.05) is 17.9 Å². The van der Waals surface area contributed by atoms with Gasteiger partial charge in [0.1, 0.15) is 5.75 Å². The van der Waals surface area contributed by atoms with Gasteiger partial charge in [0.25, 0.3) is 5.91 Å². The van der Waals surface area contributed by atoms with Crippen molar-refractivity contribution in [1.82, 2.24) is 4.90 Å². The van der Waals surface area contributed by atoms with Crippen molar-refractivity contribution < 1.29 is 9.53 Å². The van der Waals surface area contributed by atoms with Crippen LogP contribution in [-0.4, -0.2) is 35.8 Å². The first kappa shape index (κ1) is 11.5. The smallest absolute Gasteiger partial charge is 0.257 e. The Morgan fingerprint density at radius 3 is 2.88 bits per heavy atom.